The highest BCUT2D eigenvalue weighted by Crippen LogP contribution is 2.22. The molecule has 1 aromatic heterocycles. The predicted octanol–water partition coefficient (Wildman–Crippen LogP) is 4.03. The summed E-state index contributed by atoms with van der Waals surface area (Å²) in [5.41, 5.74) is 1.27. The van der Waals surface area contributed by atoms with E-state index in [1.165, 1.54) is 10.6 Å². The van der Waals surface area contributed by atoms with Gasteiger partial charge in [-0.15, -0.1) is 35.3 Å². The van der Waals surface area contributed by atoms with Crippen LogP contribution in [0.25, 0.3) is 0 Å². The van der Waals surface area contributed by atoms with Crippen molar-refractivity contribution >= 4 is 62.9 Å². The van der Waals surface area contributed by atoms with Gasteiger partial charge in [-0.3, -0.25) is 4.99 Å². The minimum Gasteiger partial charge on any atom is -0.369 e. The van der Waals surface area contributed by atoms with Crippen LogP contribution in [0.3, 0.4) is 0 Å². The average molecular weight is 550 g/mol. The normalized spacial score (nSPS) is 17.1. The number of aryl methyl sites for hydroxylation is 1. The van der Waals surface area contributed by atoms with Crippen LogP contribution in [-0.4, -0.2) is 37.1 Å². The fourth-order valence-electron chi connectivity index (χ4n) is 2.91. The van der Waals surface area contributed by atoms with E-state index in [0.717, 1.165) is 41.4 Å². The number of nitrogens with one attached hydrogen (secondary N) is 2. The second kappa shape index (κ2) is 10.5. The lowest BCUT2D eigenvalue weighted by Crippen LogP contribution is -2.44. The number of anilines is 1. The van der Waals surface area contributed by atoms with Crippen LogP contribution in [0.15, 0.2) is 39.9 Å². The molecule has 26 heavy (non-hydrogen) atoms. The van der Waals surface area contributed by atoms with Gasteiger partial charge in [0.05, 0.1) is 6.54 Å². The van der Waals surface area contributed by atoms with Crippen molar-refractivity contribution in [1.29, 1.82) is 0 Å². The second-order valence-corrected chi connectivity index (χ2v) is 8.17. The van der Waals surface area contributed by atoms with Crippen LogP contribution in [-0.2, 0) is 13.0 Å². The van der Waals surface area contributed by atoms with E-state index in [1.54, 1.807) is 11.3 Å². The molecule has 1 fully saturated rings. The molecule has 142 valence electrons. The Morgan fingerprint density at radius 1 is 1.38 bits per heavy atom. The molecule has 0 bridgehead atoms. The summed E-state index contributed by atoms with van der Waals surface area (Å²) in [6, 6.07) is 8.91. The molecule has 5 nitrogen and oxygen atoms in total. The lowest BCUT2D eigenvalue weighted by molar-refractivity contribution is 0.648. The van der Waals surface area contributed by atoms with Crippen molar-refractivity contribution in [1.82, 2.24) is 15.6 Å². The molecule has 0 amide bonds. The molecule has 0 radical (unpaired) electrons. The van der Waals surface area contributed by atoms with E-state index in [-0.39, 0.29) is 24.0 Å². The zero-order valence-electron chi connectivity index (χ0n) is 15.0. The third kappa shape index (κ3) is 5.82. The molecular formula is C18H25BrIN5S. The summed E-state index contributed by atoms with van der Waals surface area (Å²) in [5, 5.41) is 8.01. The number of rotatable bonds is 5. The van der Waals surface area contributed by atoms with Gasteiger partial charge in [-0.2, -0.15) is 0 Å². The van der Waals surface area contributed by atoms with E-state index in [2.05, 4.69) is 72.6 Å². The monoisotopic (exact) mass is 549 g/mol. The molecule has 0 aliphatic carbocycles. The summed E-state index contributed by atoms with van der Waals surface area (Å²) < 4.78 is 1.11. The fraction of sp³-hybridized carbons (Fsp3) is 0.444. The first kappa shape index (κ1) is 21.4. The number of guanidine groups is 1. The van der Waals surface area contributed by atoms with Crippen molar-refractivity contribution in [2.24, 2.45) is 4.99 Å². The van der Waals surface area contributed by atoms with Crippen molar-refractivity contribution in [3.8, 4) is 0 Å². The maximum absolute atomic E-state index is 4.45. The summed E-state index contributed by atoms with van der Waals surface area (Å²) in [6.07, 6.45) is 4.11. The van der Waals surface area contributed by atoms with E-state index in [4.69, 9.17) is 0 Å². The highest BCUT2D eigenvalue weighted by Gasteiger charge is 2.23. The molecule has 3 rings (SSSR count). The maximum Gasteiger partial charge on any atom is 0.191 e. The summed E-state index contributed by atoms with van der Waals surface area (Å²) in [4.78, 5) is 12.5. The molecule has 8 heteroatoms. The third-order valence-electron chi connectivity index (χ3n) is 4.30. The van der Waals surface area contributed by atoms with Crippen LogP contribution in [0.2, 0.25) is 0 Å². The van der Waals surface area contributed by atoms with Gasteiger partial charge in [0.25, 0.3) is 0 Å². The molecule has 2 heterocycles. The third-order valence-corrected chi connectivity index (χ3v) is 5.97. The lowest BCUT2D eigenvalue weighted by Gasteiger charge is -2.20. The lowest BCUT2D eigenvalue weighted by atomic mass is 10.3. The van der Waals surface area contributed by atoms with Crippen molar-refractivity contribution < 1.29 is 0 Å². The number of hydrogen-bond donors (Lipinski definition) is 2. The quantitative estimate of drug-likeness (QED) is 0.336. The standard InChI is InChI=1S/C18H24BrN5S.HI/c1-3-16-10-21-17(25-16)11-22-18(20-2)23-14-8-9-24(12-14)15-6-4-13(19)5-7-15;/h4-7,10,14H,3,8-9,11-12H2,1-2H3,(H2,20,22,23);1H. The first-order valence-electron chi connectivity index (χ1n) is 8.59. The van der Waals surface area contributed by atoms with Gasteiger partial charge in [-0.1, -0.05) is 22.9 Å². The minimum atomic E-state index is 0. The van der Waals surface area contributed by atoms with Gasteiger partial charge in [0.1, 0.15) is 5.01 Å². The summed E-state index contributed by atoms with van der Waals surface area (Å²) in [6.45, 7) is 4.91. The number of nitrogens with zero attached hydrogens (tertiary/aromatic N) is 3. The van der Waals surface area contributed by atoms with Crippen molar-refractivity contribution in [3.63, 3.8) is 0 Å². The second-order valence-electron chi connectivity index (χ2n) is 6.05. The molecule has 1 aliphatic heterocycles. The van der Waals surface area contributed by atoms with E-state index >= 15 is 0 Å². The van der Waals surface area contributed by atoms with Gasteiger partial charge in [-0.05, 0) is 37.1 Å². The van der Waals surface area contributed by atoms with Crippen LogP contribution in [0.4, 0.5) is 5.69 Å². The number of benzene rings is 1. The number of aromatic nitrogens is 1. The van der Waals surface area contributed by atoms with E-state index in [0.29, 0.717) is 12.6 Å². The highest BCUT2D eigenvalue weighted by atomic mass is 127. The van der Waals surface area contributed by atoms with Gasteiger partial charge in [-0.25, -0.2) is 4.98 Å². The smallest absolute Gasteiger partial charge is 0.191 e. The Labute approximate surface area is 184 Å². The van der Waals surface area contributed by atoms with E-state index in [9.17, 15) is 0 Å². The van der Waals surface area contributed by atoms with E-state index < -0.39 is 0 Å². The van der Waals surface area contributed by atoms with Gasteiger partial charge < -0.3 is 15.5 Å². The van der Waals surface area contributed by atoms with Crippen LogP contribution in [0.5, 0.6) is 0 Å². The van der Waals surface area contributed by atoms with Gasteiger partial charge in [0.15, 0.2) is 5.96 Å². The molecule has 1 aromatic carbocycles. The topological polar surface area (TPSA) is 52.6 Å². The zero-order chi connectivity index (χ0) is 17.6. The maximum atomic E-state index is 4.45. The molecule has 2 N–H and O–H groups in total. The van der Waals surface area contributed by atoms with Crippen molar-refractivity contribution in [3.05, 3.63) is 44.8 Å². The molecular weight excluding hydrogens is 525 g/mol. The Hall–Kier alpha value is -0.870. The summed E-state index contributed by atoms with van der Waals surface area (Å²) in [7, 11) is 1.82. The van der Waals surface area contributed by atoms with Gasteiger partial charge in [0, 0.05) is 47.4 Å². The summed E-state index contributed by atoms with van der Waals surface area (Å²) in [5.74, 6) is 0.843. The van der Waals surface area contributed by atoms with Crippen LogP contribution >= 0.6 is 51.2 Å². The number of hydrogen-bond acceptors (Lipinski definition) is 4. The largest absolute Gasteiger partial charge is 0.369 e. The number of halogens is 2. The summed E-state index contributed by atoms with van der Waals surface area (Å²) >= 11 is 5.25. The Bertz CT molecular complexity index is 719. The highest BCUT2D eigenvalue weighted by molar-refractivity contribution is 14.0. The first-order valence-corrected chi connectivity index (χ1v) is 10.2. The zero-order valence-corrected chi connectivity index (χ0v) is 19.8. The van der Waals surface area contributed by atoms with Gasteiger partial charge in [0.2, 0.25) is 0 Å². The predicted molar refractivity (Wildman–Crippen MR) is 125 cm³/mol. The molecule has 1 unspecified atom stereocenters. The van der Waals surface area contributed by atoms with Crippen LogP contribution < -0.4 is 15.5 Å². The Morgan fingerprint density at radius 2 is 2.15 bits per heavy atom. The molecule has 2 aromatic rings. The Morgan fingerprint density at radius 3 is 2.81 bits per heavy atom. The first-order chi connectivity index (χ1) is 12.2. The number of thiazole rings is 1. The Balaban J connectivity index is 0.00000243. The van der Waals surface area contributed by atoms with Crippen molar-refractivity contribution in [2.45, 2.75) is 32.4 Å². The molecule has 1 saturated heterocycles. The van der Waals surface area contributed by atoms with Crippen molar-refractivity contribution in [2.75, 3.05) is 25.0 Å². The molecule has 1 atom stereocenters. The van der Waals surface area contributed by atoms with Gasteiger partial charge >= 0.3 is 0 Å². The molecule has 0 spiro atoms. The van der Waals surface area contributed by atoms with E-state index in [1.807, 2.05) is 13.2 Å². The SMILES string of the molecule is CCc1cnc(CNC(=NC)NC2CCN(c3ccc(Br)cc3)C2)s1.I. The Kier molecular flexibility index (Phi) is 8.62. The molecule has 1 aliphatic rings. The number of aliphatic imine (C=N–C) groups is 1. The minimum absolute atomic E-state index is 0. The van der Waals surface area contributed by atoms with Crippen LogP contribution in [0, 0.1) is 0 Å². The fourth-order valence-corrected chi connectivity index (χ4v) is 3.97. The van der Waals surface area contributed by atoms with Crippen LogP contribution in [0.1, 0.15) is 23.2 Å². The average Bonchev–Trinajstić information content (AvgIpc) is 3.28. The molecule has 0 saturated carbocycles.